The highest BCUT2D eigenvalue weighted by atomic mass is 16.2. The fraction of sp³-hybridized carbons (Fsp3) is 0.583. The lowest BCUT2D eigenvalue weighted by Gasteiger charge is -2.37. The van der Waals surface area contributed by atoms with E-state index in [1.165, 1.54) is 0 Å². The van der Waals surface area contributed by atoms with Gasteiger partial charge in [-0.25, -0.2) is 0 Å². The third-order valence-electron chi connectivity index (χ3n) is 7.36. The van der Waals surface area contributed by atoms with Crippen molar-refractivity contribution in [1.82, 2.24) is 15.1 Å². The van der Waals surface area contributed by atoms with Crippen molar-refractivity contribution in [2.45, 2.75) is 38.1 Å². The summed E-state index contributed by atoms with van der Waals surface area (Å²) < 4.78 is 0. The van der Waals surface area contributed by atoms with Gasteiger partial charge in [-0.05, 0) is 43.4 Å². The van der Waals surface area contributed by atoms with Gasteiger partial charge < -0.3 is 15.1 Å². The molecule has 3 heterocycles. The molecular formula is C24H30N4O4. The molecule has 1 aromatic carbocycles. The number of nitrogens with one attached hydrogen (secondary N) is 1. The predicted molar refractivity (Wildman–Crippen MR) is 119 cm³/mol. The molecule has 8 nitrogen and oxygen atoms in total. The maximum absolute atomic E-state index is 13.1. The van der Waals surface area contributed by atoms with Crippen molar-refractivity contribution in [1.29, 1.82) is 0 Å². The Morgan fingerprint density at radius 3 is 2.31 bits per heavy atom. The number of imide groups is 1. The number of hydrogen-bond acceptors (Lipinski definition) is 7. The average molecular weight is 439 g/mol. The van der Waals surface area contributed by atoms with Gasteiger partial charge in [0.15, 0.2) is 5.78 Å². The Balaban J connectivity index is 1.25. The highest BCUT2D eigenvalue weighted by Gasteiger charge is 2.44. The van der Waals surface area contributed by atoms with Crippen LogP contribution in [0.1, 0.15) is 52.8 Å². The normalized spacial score (nSPS) is 25.6. The molecule has 0 radical (unpaired) electrons. The van der Waals surface area contributed by atoms with E-state index < -0.39 is 17.9 Å². The van der Waals surface area contributed by atoms with Crippen molar-refractivity contribution in [2.24, 2.45) is 5.92 Å². The first-order valence-electron chi connectivity index (χ1n) is 11.8. The molecule has 0 bridgehead atoms. The van der Waals surface area contributed by atoms with Gasteiger partial charge >= 0.3 is 0 Å². The zero-order chi connectivity index (χ0) is 22.2. The molecule has 3 fully saturated rings. The Bertz CT molecular complexity index is 947. The number of hydrogen-bond donors (Lipinski definition) is 1. The molecule has 2 amide bonds. The number of piperidine rings is 1. The van der Waals surface area contributed by atoms with Crippen molar-refractivity contribution in [3.63, 3.8) is 0 Å². The largest absolute Gasteiger partial charge is 0.371 e. The van der Waals surface area contributed by atoms with Crippen LogP contribution in [0.25, 0.3) is 0 Å². The van der Waals surface area contributed by atoms with Crippen LogP contribution in [0.2, 0.25) is 0 Å². The lowest BCUT2D eigenvalue weighted by molar-refractivity contribution is -0.132. The summed E-state index contributed by atoms with van der Waals surface area (Å²) in [6, 6.07) is 4.63. The minimum atomic E-state index is -0.815. The first-order chi connectivity index (χ1) is 15.5. The topological polar surface area (TPSA) is 90.0 Å². The van der Waals surface area contributed by atoms with Gasteiger partial charge in [-0.2, -0.15) is 0 Å². The van der Waals surface area contributed by atoms with Crippen LogP contribution >= 0.6 is 0 Å². The summed E-state index contributed by atoms with van der Waals surface area (Å²) in [6.07, 6.45) is 2.51. The zero-order valence-electron chi connectivity index (χ0n) is 18.3. The van der Waals surface area contributed by atoms with Gasteiger partial charge in [0.05, 0.1) is 23.6 Å². The van der Waals surface area contributed by atoms with Gasteiger partial charge in [-0.3, -0.25) is 24.1 Å². The maximum atomic E-state index is 13.1. The van der Waals surface area contributed by atoms with Crippen molar-refractivity contribution >= 4 is 29.1 Å². The summed E-state index contributed by atoms with van der Waals surface area (Å²) in [5, 5.41) is 3.40. The van der Waals surface area contributed by atoms with Gasteiger partial charge in [0.25, 0.3) is 11.8 Å². The minimum absolute atomic E-state index is 0.120. The summed E-state index contributed by atoms with van der Waals surface area (Å²) in [4.78, 5) is 55.8. The van der Waals surface area contributed by atoms with Crippen molar-refractivity contribution in [2.75, 3.05) is 50.7 Å². The summed E-state index contributed by atoms with van der Waals surface area (Å²) in [6.45, 7) is 7.40. The van der Waals surface area contributed by atoms with Crippen LogP contribution in [-0.2, 0) is 9.59 Å². The first kappa shape index (κ1) is 21.3. The molecule has 1 aliphatic carbocycles. The minimum Gasteiger partial charge on any atom is -0.371 e. The van der Waals surface area contributed by atoms with E-state index in [1.54, 1.807) is 6.07 Å². The van der Waals surface area contributed by atoms with E-state index in [0.717, 1.165) is 69.2 Å². The maximum Gasteiger partial charge on any atom is 0.262 e. The number of ketones is 2. The Morgan fingerprint density at radius 1 is 0.875 bits per heavy atom. The van der Waals surface area contributed by atoms with Gasteiger partial charge in [-0.15, -0.1) is 0 Å². The number of rotatable bonds is 4. The zero-order valence-corrected chi connectivity index (χ0v) is 18.3. The number of benzene rings is 1. The molecule has 1 aromatic rings. The van der Waals surface area contributed by atoms with Crippen molar-refractivity contribution in [3.8, 4) is 0 Å². The molecule has 1 atom stereocenters. The van der Waals surface area contributed by atoms with Crippen LogP contribution in [0.15, 0.2) is 18.2 Å². The molecule has 8 heteroatoms. The number of anilines is 1. The second kappa shape index (κ2) is 8.75. The van der Waals surface area contributed by atoms with Gasteiger partial charge in [-0.1, -0.05) is 0 Å². The number of carbonyl (C=O) groups is 4. The van der Waals surface area contributed by atoms with E-state index in [-0.39, 0.29) is 30.8 Å². The van der Waals surface area contributed by atoms with E-state index in [1.807, 2.05) is 12.1 Å². The van der Waals surface area contributed by atoms with E-state index in [2.05, 4.69) is 15.1 Å². The second-order valence-corrected chi connectivity index (χ2v) is 9.43. The number of carbonyl (C=O) groups excluding carboxylic acids is 4. The Labute approximate surface area is 187 Å². The van der Waals surface area contributed by atoms with Crippen LogP contribution in [0.4, 0.5) is 5.69 Å². The quantitative estimate of drug-likeness (QED) is 0.556. The number of amides is 2. The average Bonchev–Trinajstić information content (AvgIpc) is 3.05. The Hall–Kier alpha value is -2.58. The standard InChI is InChI=1S/C24H30N4O4/c29-18-2-4-21(22(30)14-18)28-23(31)19-3-1-17(13-20(19)24(28)32)27-9-5-16(6-10-27)15-26-11-7-25-8-12-26/h1,3,13,16,21,25H,2,4-12,14-15H2. The summed E-state index contributed by atoms with van der Waals surface area (Å²) in [5.41, 5.74) is 1.69. The molecule has 0 spiro atoms. The van der Waals surface area contributed by atoms with Gasteiger partial charge in [0.1, 0.15) is 5.78 Å². The molecule has 2 saturated heterocycles. The van der Waals surface area contributed by atoms with Crippen LogP contribution in [0, 0.1) is 5.92 Å². The molecule has 4 aliphatic rings. The van der Waals surface area contributed by atoms with Crippen molar-refractivity contribution in [3.05, 3.63) is 29.3 Å². The molecular weight excluding hydrogens is 408 g/mol. The highest BCUT2D eigenvalue weighted by Crippen LogP contribution is 2.33. The molecule has 1 unspecified atom stereocenters. The fourth-order valence-electron chi connectivity index (χ4n) is 5.49. The number of fused-ring (bicyclic) bond motifs is 1. The molecule has 3 aliphatic heterocycles. The molecule has 1 N–H and O–H groups in total. The second-order valence-electron chi connectivity index (χ2n) is 9.43. The van der Waals surface area contributed by atoms with Gasteiger partial charge in [0.2, 0.25) is 0 Å². The molecule has 170 valence electrons. The third-order valence-corrected chi connectivity index (χ3v) is 7.36. The van der Waals surface area contributed by atoms with Crippen molar-refractivity contribution < 1.29 is 19.2 Å². The van der Waals surface area contributed by atoms with E-state index in [0.29, 0.717) is 17.0 Å². The van der Waals surface area contributed by atoms with Crippen LogP contribution in [0.5, 0.6) is 0 Å². The predicted octanol–water partition coefficient (Wildman–Crippen LogP) is 1.09. The van der Waals surface area contributed by atoms with Crippen LogP contribution in [-0.4, -0.2) is 85.0 Å². The number of nitrogens with zero attached hydrogens (tertiary/aromatic N) is 3. The Morgan fingerprint density at radius 2 is 1.59 bits per heavy atom. The summed E-state index contributed by atoms with van der Waals surface area (Å²) in [5.74, 6) is -0.585. The van der Waals surface area contributed by atoms with E-state index in [9.17, 15) is 19.2 Å². The molecule has 32 heavy (non-hydrogen) atoms. The monoisotopic (exact) mass is 438 g/mol. The number of Topliss-reactive ketones (excluding diaryl/α,β-unsaturated/α-hetero) is 2. The lowest BCUT2D eigenvalue weighted by atomic mass is 9.92. The lowest BCUT2D eigenvalue weighted by Crippen LogP contribution is -2.47. The first-order valence-corrected chi connectivity index (χ1v) is 11.8. The fourth-order valence-corrected chi connectivity index (χ4v) is 5.49. The van der Waals surface area contributed by atoms with E-state index >= 15 is 0 Å². The Kier molecular flexibility index (Phi) is 5.82. The third kappa shape index (κ3) is 3.97. The van der Waals surface area contributed by atoms with Crippen LogP contribution < -0.4 is 10.2 Å². The molecule has 5 rings (SSSR count). The molecule has 0 aromatic heterocycles. The SMILES string of the molecule is O=C1CCC(N2C(=O)c3ccc(N4CCC(CN5CCNCC5)CC4)cc3C2=O)C(=O)C1. The number of piperazine rings is 1. The van der Waals surface area contributed by atoms with Gasteiger partial charge in [0, 0.05) is 57.9 Å². The summed E-state index contributed by atoms with van der Waals surface area (Å²) >= 11 is 0. The van der Waals surface area contributed by atoms with Crippen LogP contribution in [0.3, 0.4) is 0 Å². The molecule has 1 saturated carbocycles. The highest BCUT2D eigenvalue weighted by molar-refractivity contribution is 6.24. The summed E-state index contributed by atoms with van der Waals surface area (Å²) in [7, 11) is 0. The van der Waals surface area contributed by atoms with E-state index in [4.69, 9.17) is 0 Å². The smallest absolute Gasteiger partial charge is 0.262 e.